The number of nitro groups is 1. The molecule has 0 aliphatic carbocycles. The van der Waals surface area contributed by atoms with E-state index >= 15 is 0 Å². The van der Waals surface area contributed by atoms with Gasteiger partial charge in [-0.05, 0) is 38.1 Å². The van der Waals surface area contributed by atoms with E-state index in [1.54, 1.807) is 12.1 Å². The number of anilines is 1. The molecule has 1 N–H and O–H groups in total. The molecule has 27 heavy (non-hydrogen) atoms. The summed E-state index contributed by atoms with van der Waals surface area (Å²) in [5.74, 6) is 0.0452. The highest BCUT2D eigenvalue weighted by atomic mass is 16.6. The fourth-order valence-corrected chi connectivity index (χ4v) is 2.88. The van der Waals surface area contributed by atoms with Gasteiger partial charge in [0.25, 0.3) is 11.6 Å². The number of rotatable bonds is 4. The molecule has 1 aliphatic heterocycles. The van der Waals surface area contributed by atoms with E-state index in [9.17, 15) is 19.7 Å². The highest BCUT2D eigenvalue weighted by Gasteiger charge is 2.32. The number of nitrogens with one attached hydrogen (secondary N) is 1. The number of Topliss-reactive ketones (excluding diaryl/α,β-unsaturated/α-hetero) is 1. The lowest BCUT2D eigenvalue weighted by molar-refractivity contribution is -0.384. The van der Waals surface area contributed by atoms with Gasteiger partial charge < -0.3 is 14.8 Å². The van der Waals surface area contributed by atoms with E-state index in [-0.39, 0.29) is 34.9 Å². The van der Waals surface area contributed by atoms with Gasteiger partial charge in [-0.1, -0.05) is 0 Å². The van der Waals surface area contributed by atoms with E-state index in [0.29, 0.717) is 11.3 Å². The van der Waals surface area contributed by atoms with Crippen molar-refractivity contribution in [1.29, 1.82) is 0 Å². The summed E-state index contributed by atoms with van der Waals surface area (Å²) in [6.07, 6.45) is 0.223. The fourth-order valence-electron chi connectivity index (χ4n) is 2.88. The van der Waals surface area contributed by atoms with Gasteiger partial charge in [0, 0.05) is 11.6 Å². The smallest absolute Gasteiger partial charge is 0.273 e. The predicted molar refractivity (Wildman–Crippen MR) is 97.7 cm³/mol. The number of methoxy groups -OCH3 is 1. The Balaban J connectivity index is 1.87. The van der Waals surface area contributed by atoms with E-state index in [1.165, 1.54) is 31.4 Å². The third-order valence-electron chi connectivity index (χ3n) is 4.16. The summed E-state index contributed by atoms with van der Waals surface area (Å²) in [7, 11) is 1.35. The SMILES string of the molecule is COc1cc([N+](=O)[O-])ccc1NC(=O)c1ccc2c(c1)C(=O)CC(C)(C)O2. The zero-order valence-electron chi connectivity index (χ0n) is 15.1. The molecule has 2 aromatic rings. The number of non-ortho nitro benzene ring substituents is 1. The van der Waals surface area contributed by atoms with Gasteiger partial charge in [-0.15, -0.1) is 0 Å². The first-order chi connectivity index (χ1) is 12.7. The minimum Gasteiger partial charge on any atom is -0.494 e. The number of hydrogen-bond acceptors (Lipinski definition) is 6. The van der Waals surface area contributed by atoms with Gasteiger partial charge >= 0.3 is 0 Å². The highest BCUT2D eigenvalue weighted by Crippen LogP contribution is 2.34. The molecule has 2 aromatic carbocycles. The Bertz CT molecular complexity index is 951. The molecule has 1 heterocycles. The van der Waals surface area contributed by atoms with Crippen molar-refractivity contribution in [2.75, 3.05) is 12.4 Å². The number of benzene rings is 2. The second-order valence-electron chi connectivity index (χ2n) is 6.77. The first-order valence-electron chi connectivity index (χ1n) is 8.20. The standard InChI is InChI=1S/C19H18N2O6/c1-19(2)10-15(22)13-8-11(4-7-16(13)27-19)18(23)20-14-6-5-12(21(24)25)9-17(14)26-3/h4-9H,10H2,1-3H3,(H,20,23). The lowest BCUT2D eigenvalue weighted by Crippen LogP contribution is -2.36. The van der Waals surface area contributed by atoms with Gasteiger partial charge in [-0.25, -0.2) is 0 Å². The molecule has 0 aromatic heterocycles. The third-order valence-corrected chi connectivity index (χ3v) is 4.16. The van der Waals surface area contributed by atoms with E-state index in [4.69, 9.17) is 9.47 Å². The first kappa shape index (κ1) is 18.4. The maximum atomic E-state index is 12.6. The first-order valence-corrected chi connectivity index (χ1v) is 8.20. The summed E-state index contributed by atoms with van der Waals surface area (Å²) in [6, 6.07) is 8.52. The van der Waals surface area contributed by atoms with Crippen LogP contribution in [0.4, 0.5) is 11.4 Å². The summed E-state index contributed by atoms with van der Waals surface area (Å²) in [5, 5.41) is 13.5. The summed E-state index contributed by atoms with van der Waals surface area (Å²) in [4.78, 5) is 35.2. The summed E-state index contributed by atoms with van der Waals surface area (Å²) in [5.41, 5.74) is 0.182. The van der Waals surface area contributed by atoms with Crippen LogP contribution in [0.25, 0.3) is 0 Å². The maximum Gasteiger partial charge on any atom is 0.273 e. The Morgan fingerprint density at radius 1 is 1.26 bits per heavy atom. The summed E-state index contributed by atoms with van der Waals surface area (Å²) < 4.78 is 10.9. The topological polar surface area (TPSA) is 108 Å². The van der Waals surface area contributed by atoms with Crippen LogP contribution in [0, 0.1) is 10.1 Å². The summed E-state index contributed by atoms with van der Waals surface area (Å²) in [6.45, 7) is 3.66. The number of ketones is 1. The summed E-state index contributed by atoms with van der Waals surface area (Å²) >= 11 is 0. The van der Waals surface area contributed by atoms with Gasteiger partial charge in [-0.3, -0.25) is 19.7 Å². The molecule has 3 rings (SSSR count). The number of nitrogens with zero attached hydrogens (tertiary/aromatic N) is 1. The van der Waals surface area contributed by atoms with Crippen LogP contribution in [0.5, 0.6) is 11.5 Å². The molecular weight excluding hydrogens is 352 g/mol. The molecule has 140 valence electrons. The van der Waals surface area contributed by atoms with Crippen molar-refractivity contribution in [1.82, 2.24) is 0 Å². The van der Waals surface area contributed by atoms with Crippen molar-refractivity contribution in [2.24, 2.45) is 0 Å². The van der Waals surface area contributed by atoms with Crippen molar-refractivity contribution < 1.29 is 24.0 Å². The second kappa shape index (κ2) is 6.71. The molecular formula is C19H18N2O6. The lowest BCUT2D eigenvalue weighted by Gasteiger charge is -2.31. The van der Waals surface area contributed by atoms with Crippen molar-refractivity contribution >= 4 is 23.1 Å². The zero-order chi connectivity index (χ0) is 19.8. The van der Waals surface area contributed by atoms with Crippen molar-refractivity contribution in [3.63, 3.8) is 0 Å². The number of carbonyl (C=O) groups is 2. The van der Waals surface area contributed by atoms with Crippen molar-refractivity contribution in [2.45, 2.75) is 25.9 Å². The van der Waals surface area contributed by atoms with Crippen LogP contribution >= 0.6 is 0 Å². The Kier molecular flexibility index (Phi) is 4.57. The second-order valence-corrected chi connectivity index (χ2v) is 6.77. The van der Waals surface area contributed by atoms with Gasteiger partial charge in [0.15, 0.2) is 5.78 Å². The minimum absolute atomic E-state index is 0.0937. The molecule has 0 atom stereocenters. The molecule has 8 nitrogen and oxygen atoms in total. The number of nitro benzene ring substituents is 1. The molecule has 0 unspecified atom stereocenters. The lowest BCUT2D eigenvalue weighted by atomic mass is 9.92. The Labute approximate surface area is 155 Å². The van der Waals surface area contributed by atoms with E-state index < -0.39 is 16.4 Å². The Morgan fingerprint density at radius 2 is 2.00 bits per heavy atom. The largest absolute Gasteiger partial charge is 0.494 e. The van der Waals surface area contributed by atoms with Crippen molar-refractivity contribution in [3.05, 3.63) is 57.6 Å². The molecule has 1 aliphatic rings. The fraction of sp³-hybridized carbons (Fsp3) is 0.263. The average molecular weight is 370 g/mol. The Hall–Kier alpha value is -3.42. The van der Waals surface area contributed by atoms with Crippen LogP contribution in [0.1, 0.15) is 41.0 Å². The predicted octanol–water partition coefficient (Wildman–Crippen LogP) is 3.60. The molecule has 8 heteroatoms. The molecule has 0 fully saturated rings. The maximum absolute atomic E-state index is 12.6. The number of fused-ring (bicyclic) bond motifs is 1. The minimum atomic E-state index is -0.583. The van der Waals surface area contributed by atoms with Gasteiger partial charge in [0.1, 0.15) is 17.1 Å². The molecule has 0 saturated carbocycles. The Morgan fingerprint density at radius 3 is 2.67 bits per heavy atom. The van der Waals surface area contributed by atoms with Crippen LogP contribution in [-0.2, 0) is 0 Å². The van der Waals surface area contributed by atoms with E-state index in [1.807, 2.05) is 13.8 Å². The molecule has 0 saturated heterocycles. The normalized spacial score (nSPS) is 14.7. The average Bonchev–Trinajstić information content (AvgIpc) is 2.60. The quantitative estimate of drug-likeness (QED) is 0.651. The van der Waals surface area contributed by atoms with Crippen LogP contribution in [0.15, 0.2) is 36.4 Å². The highest BCUT2D eigenvalue weighted by molar-refractivity contribution is 6.08. The monoisotopic (exact) mass is 370 g/mol. The molecule has 0 spiro atoms. The van der Waals surface area contributed by atoms with Crippen LogP contribution in [-0.4, -0.2) is 29.3 Å². The van der Waals surface area contributed by atoms with Gasteiger partial charge in [-0.2, -0.15) is 0 Å². The van der Waals surface area contributed by atoms with Crippen molar-refractivity contribution in [3.8, 4) is 11.5 Å². The molecule has 0 bridgehead atoms. The zero-order valence-corrected chi connectivity index (χ0v) is 15.1. The number of carbonyl (C=O) groups excluding carboxylic acids is 2. The van der Waals surface area contributed by atoms with Crippen LogP contribution < -0.4 is 14.8 Å². The van der Waals surface area contributed by atoms with Gasteiger partial charge in [0.05, 0.1) is 35.8 Å². The number of ether oxygens (including phenoxy) is 2. The molecule has 1 amide bonds. The third kappa shape index (κ3) is 3.74. The number of hydrogen-bond donors (Lipinski definition) is 1. The number of amides is 1. The van der Waals surface area contributed by atoms with E-state index in [2.05, 4.69) is 5.32 Å². The van der Waals surface area contributed by atoms with E-state index in [0.717, 1.165) is 0 Å². The molecule has 0 radical (unpaired) electrons. The van der Waals surface area contributed by atoms with Crippen LogP contribution in [0.3, 0.4) is 0 Å². The van der Waals surface area contributed by atoms with Crippen LogP contribution in [0.2, 0.25) is 0 Å². The van der Waals surface area contributed by atoms with Gasteiger partial charge in [0.2, 0.25) is 0 Å².